The predicted octanol–water partition coefficient (Wildman–Crippen LogP) is 3.37. The number of methoxy groups -OCH3 is 1. The smallest absolute Gasteiger partial charge is 0.325 e. The summed E-state index contributed by atoms with van der Waals surface area (Å²) in [5.74, 6) is -0.751. The zero-order chi connectivity index (χ0) is 16.6. The normalized spacial score (nSPS) is 11.0. The fraction of sp³-hybridized carbons (Fsp3) is 0.188. The van der Waals surface area contributed by atoms with E-state index < -0.39 is 0 Å². The predicted molar refractivity (Wildman–Crippen MR) is 84.7 cm³/mol. The molecular weight excluding hydrogens is 321 g/mol. The molecule has 0 fully saturated rings. The van der Waals surface area contributed by atoms with E-state index in [1.807, 2.05) is 6.92 Å². The van der Waals surface area contributed by atoms with E-state index in [4.69, 9.17) is 16.3 Å². The van der Waals surface area contributed by atoms with Gasteiger partial charge in [0.15, 0.2) is 5.15 Å². The monoisotopic (exact) mass is 333 g/mol. The van der Waals surface area contributed by atoms with Crippen LogP contribution in [0.3, 0.4) is 0 Å². The van der Waals surface area contributed by atoms with Gasteiger partial charge in [-0.25, -0.2) is 4.39 Å². The maximum atomic E-state index is 13.7. The summed E-state index contributed by atoms with van der Waals surface area (Å²) in [5.41, 5.74) is 2.77. The third-order valence-corrected chi connectivity index (χ3v) is 3.89. The molecule has 0 spiro atoms. The van der Waals surface area contributed by atoms with Gasteiger partial charge in [0.05, 0.1) is 12.8 Å². The molecule has 1 aromatic carbocycles. The van der Waals surface area contributed by atoms with Crippen molar-refractivity contribution in [3.8, 4) is 11.3 Å². The maximum Gasteiger partial charge on any atom is 0.325 e. The lowest BCUT2D eigenvalue weighted by molar-refractivity contribution is -0.141. The number of rotatable bonds is 3. The van der Waals surface area contributed by atoms with Crippen LogP contribution in [-0.2, 0) is 16.1 Å². The van der Waals surface area contributed by atoms with Crippen LogP contribution in [0, 0.1) is 12.7 Å². The highest BCUT2D eigenvalue weighted by Gasteiger charge is 2.19. The number of benzene rings is 1. The first-order chi connectivity index (χ1) is 11.0. The Morgan fingerprint density at radius 1 is 1.30 bits per heavy atom. The van der Waals surface area contributed by atoms with E-state index in [-0.39, 0.29) is 23.5 Å². The summed E-state index contributed by atoms with van der Waals surface area (Å²) < 4.78 is 20.2. The van der Waals surface area contributed by atoms with E-state index in [9.17, 15) is 9.18 Å². The highest BCUT2D eigenvalue weighted by Crippen LogP contribution is 2.34. The van der Waals surface area contributed by atoms with Gasteiger partial charge >= 0.3 is 5.97 Å². The van der Waals surface area contributed by atoms with Crippen molar-refractivity contribution in [2.45, 2.75) is 13.5 Å². The number of aromatic nitrogens is 3. The minimum absolute atomic E-state index is 0.0332. The molecular formula is C16H13ClFN3O2. The molecule has 0 unspecified atom stereocenters. The first-order valence-corrected chi connectivity index (χ1v) is 7.24. The lowest BCUT2D eigenvalue weighted by Crippen LogP contribution is -2.12. The van der Waals surface area contributed by atoms with Crippen molar-refractivity contribution in [3.05, 3.63) is 47.0 Å². The van der Waals surface area contributed by atoms with Crippen LogP contribution in [0.4, 0.5) is 4.39 Å². The summed E-state index contributed by atoms with van der Waals surface area (Å²) in [6.07, 6.45) is 0. The zero-order valence-corrected chi connectivity index (χ0v) is 13.3. The number of fused-ring (bicyclic) bond motifs is 1. The summed E-state index contributed by atoms with van der Waals surface area (Å²) in [6.45, 7) is 1.87. The second kappa shape index (κ2) is 5.96. The summed E-state index contributed by atoms with van der Waals surface area (Å²) in [5, 5.41) is 8.83. The molecule has 3 aromatic rings. The van der Waals surface area contributed by atoms with Crippen LogP contribution in [0.15, 0.2) is 30.3 Å². The van der Waals surface area contributed by atoms with E-state index in [0.29, 0.717) is 16.6 Å². The number of nitrogens with zero attached hydrogens (tertiary/aromatic N) is 3. The second-order valence-corrected chi connectivity index (χ2v) is 5.41. The van der Waals surface area contributed by atoms with Crippen molar-refractivity contribution in [1.29, 1.82) is 0 Å². The number of halogens is 2. The molecule has 0 atom stereocenters. The molecule has 0 N–H and O–H groups in total. The molecule has 118 valence electrons. The molecule has 0 saturated carbocycles. The fourth-order valence-corrected chi connectivity index (χ4v) is 2.73. The third kappa shape index (κ3) is 2.77. The van der Waals surface area contributed by atoms with Gasteiger partial charge in [0, 0.05) is 22.2 Å². The van der Waals surface area contributed by atoms with Gasteiger partial charge in [-0.1, -0.05) is 11.6 Å². The van der Waals surface area contributed by atoms with E-state index in [1.165, 1.54) is 19.2 Å². The average Bonchev–Trinajstić information content (AvgIpc) is 2.80. The van der Waals surface area contributed by atoms with Crippen LogP contribution in [0.1, 0.15) is 5.69 Å². The topological polar surface area (TPSA) is 57.0 Å². The van der Waals surface area contributed by atoms with Crippen molar-refractivity contribution in [1.82, 2.24) is 14.8 Å². The Balaban J connectivity index is 2.28. The van der Waals surface area contributed by atoms with Crippen molar-refractivity contribution in [2.75, 3.05) is 7.11 Å². The minimum Gasteiger partial charge on any atom is -0.468 e. The van der Waals surface area contributed by atoms with Crippen LogP contribution in [-0.4, -0.2) is 27.8 Å². The van der Waals surface area contributed by atoms with Gasteiger partial charge in [0.2, 0.25) is 0 Å². The van der Waals surface area contributed by atoms with E-state index in [0.717, 1.165) is 11.2 Å². The maximum absolute atomic E-state index is 13.7. The molecule has 2 heterocycles. The first-order valence-electron chi connectivity index (χ1n) is 6.86. The second-order valence-electron chi connectivity index (χ2n) is 5.03. The minimum atomic E-state index is -0.386. The number of hydrogen-bond acceptors (Lipinski definition) is 4. The average molecular weight is 334 g/mol. The van der Waals surface area contributed by atoms with Gasteiger partial charge in [0.25, 0.3) is 0 Å². The summed E-state index contributed by atoms with van der Waals surface area (Å²) in [7, 11) is 1.33. The molecule has 2 aromatic heterocycles. The number of carbonyl (C=O) groups is 1. The number of ether oxygens (including phenoxy) is 1. The largest absolute Gasteiger partial charge is 0.468 e. The molecule has 0 aliphatic carbocycles. The van der Waals surface area contributed by atoms with Crippen molar-refractivity contribution >= 4 is 28.5 Å². The molecule has 5 nitrogen and oxygen atoms in total. The molecule has 0 bridgehead atoms. The standard InChI is InChI=1S/C16H13ClFN3O2/c1-9-16(12-4-6-14(17)20-19-12)11-7-10(18)3-5-13(11)21(9)8-15(22)23-2/h3-7H,8H2,1-2H3. The molecule has 7 heteroatoms. The SMILES string of the molecule is COC(=O)Cn1c(C)c(-c2ccc(Cl)nn2)c2cc(F)ccc21. The van der Waals surface area contributed by atoms with Crippen LogP contribution >= 0.6 is 11.6 Å². The Hall–Kier alpha value is -2.47. The Kier molecular flexibility index (Phi) is 4.00. The lowest BCUT2D eigenvalue weighted by Gasteiger charge is -2.07. The Morgan fingerprint density at radius 3 is 2.74 bits per heavy atom. The molecule has 3 rings (SSSR count). The fourth-order valence-electron chi connectivity index (χ4n) is 2.62. The molecule has 0 aliphatic rings. The zero-order valence-electron chi connectivity index (χ0n) is 12.5. The van der Waals surface area contributed by atoms with E-state index in [2.05, 4.69) is 10.2 Å². The van der Waals surface area contributed by atoms with Gasteiger partial charge in [0.1, 0.15) is 12.4 Å². The molecule has 0 aliphatic heterocycles. The van der Waals surface area contributed by atoms with Crippen LogP contribution in [0.25, 0.3) is 22.2 Å². The van der Waals surface area contributed by atoms with Gasteiger partial charge in [-0.2, -0.15) is 0 Å². The first kappa shape index (κ1) is 15.4. The van der Waals surface area contributed by atoms with Gasteiger partial charge in [-0.3, -0.25) is 4.79 Å². The number of hydrogen-bond donors (Lipinski definition) is 0. The van der Waals surface area contributed by atoms with Crippen LogP contribution < -0.4 is 0 Å². The van der Waals surface area contributed by atoms with Gasteiger partial charge < -0.3 is 9.30 Å². The van der Waals surface area contributed by atoms with E-state index in [1.54, 1.807) is 22.8 Å². The van der Waals surface area contributed by atoms with Gasteiger partial charge in [-0.05, 0) is 37.3 Å². The molecule has 0 radical (unpaired) electrons. The summed E-state index contributed by atoms with van der Waals surface area (Å²) >= 11 is 5.78. The highest BCUT2D eigenvalue weighted by molar-refractivity contribution is 6.29. The third-order valence-electron chi connectivity index (χ3n) is 3.69. The van der Waals surface area contributed by atoms with Crippen LogP contribution in [0.5, 0.6) is 0 Å². The van der Waals surface area contributed by atoms with Gasteiger partial charge in [-0.15, -0.1) is 10.2 Å². The Bertz CT molecular complexity index is 890. The Morgan fingerprint density at radius 2 is 2.09 bits per heavy atom. The Labute approximate surface area is 136 Å². The quantitative estimate of drug-likeness (QED) is 0.689. The molecule has 0 amide bonds. The highest BCUT2D eigenvalue weighted by atomic mass is 35.5. The summed E-state index contributed by atoms with van der Waals surface area (Å²) in [4.78, 5) is 11.7. The van der Waals surface area contributed by atoms with Crippen molar-refractivity contribution in [2.24, 2.45) is 0 Å². The van der Waals surface area contributed by atoms with Crippen LogP contribution in [0.2, 0.25) is 5.15 Å². The molecule has 0 saturated heterocycles. The number of esters is 1. The van der Waals surface area contributed by atoms with Crippen molar-refractivity contribution < 1.29 is 13.9 Å². The van der Waals surface area contributed by atoms with Crippen molar-refractivity contribution in [3.63, 3.8) is 0 Å². The molecule has 23 heavy (non-hydrogen) atoms. The summed E-state index contributed by atoms with van der Waals surface area (Å²) in [6, 6.07) is 7.73. The lowest BCUT2D eigenvalue weighted by atomic mass is 10.1. The van der Waals surface area contributed by atoms with E-state index >= 15 is 0 Å². The number of carbonyl (C=O) groups excluding carboxylic acids is 1.